The fraction of sp³-hybridized carbons (Fsp3) is 0.933. The molecular formula is C15H26N2OS. The lowest BCUT2D eigenvalue weighted by molar-refractivity contribution is 0.0284. The molecule has 19 heavy (non-hydrogen) atoms. The number of rotatable bonds is 2. The van der Waals surface area contributed by atoms with Crippen molar-refractivity contribution in [1.29, 1.82) is 0 Å². The number of hydrogen-bond donors (Lipinski definition) is 1. The van der Waals surface area contributed by atoms with Crippen LogP contribution < -0.4 is 5.32 Å². The van der Waals surface area contributed by atoms with Crippen LogP contribution in [0.25, 0.3) is 0 Å². The van der Waals surface area contributed by atoms with Gasteiger partial charge < -0.3 is 10.1 Å². The van der Waals surface area contributed by atoms with Gasteiger partial charge in [-0.2, -0.15) is 0 Å². The van der Waals surface area contributed by atoms with Gasteiger partial charge in [0.05, 0.1) is 12.1 Å². The third-order valence-corrected chi connectivity index (χ3v) is 6.15. The minimum Gasteiger partial charge on any atom is -0.373 e. The lowest BCUT2D eigenvalue weighted by Crippen LogP contribution is -2.46. The molecule has 2 aliphatic heterocycles. The van der Waals surface area contributed by atoms with Crippen molar-refractivity contribution in [2.75, 3.05) is 18.9 Å². The third kappa shape index (κ3) is 3.10. The van der Waals surface area contributed by atoms with Crippen LogP contribution in [0.5, 0.6) is 0 Å². The van der Waals surface area contributed by atoms with Gasteiger partial charge in [-0.15, -0.1) is 0 Å². The lowest BCUT2D eigenvalue weighted by Gasteiger charge is -2.35. The van der Waals surface area contributed by atoms with Crippen LogP contribution in [0.4, 0.5) is 0 Å². The van der Waals surface area contributed by atoms with Crippen molar-refractivity contribution in [1.82, 2.24) is 5.32 Å². The molecule has 3 nitrogen and oxygen atoms in total. The Kier molecular flexibility index (Phi) is 3.82. The van der Waals surface area contributed by atoms with Crippen LogP contribution in [-0.4, -0.2) is 35.2 Å². The summed E-state index contributed by atoms with van der Waals surface area (Å²) in [5.74, 6) is 2.11. The maximum Gasteiger partial charge on any atom is 0.157 e. The molecule has 0 aromatic heterocycles. The van der Waals surface area contributed by atoms with Gasteiger partial charge in [0.15, 0.2) is 5.17 Å². The van der Waals surface area contributed by atoms with Crippen molar-refractivity contribution < 1.29 is 4.74 Å². The zero-order valence-corrected chi connectivity index (χ0v) is 13.0. The van der Waals surface area contributed by atoms with Crippen LogP contribution in [0.3, 0.4) is 0 Å². The number of amidine groups is 1. The minimum atomic E-state index is -0.00786. The molecule has 2 saturated heterocycles. The molecule has 1 atom stereocenters. The van der Waals surface area contributed by atoms with Gasteiger partial charge in [-0.05, 0) is 51.4 Å². The summed E-state index contributed by atoms with van der Waals surface area (Å²) in [5, 5.41) is 4.88. The maximum absolute atomic E-state index is 5.81. The molecule has 0 radical (unpaired) electrons. The summed E-state index contributed by atoms with van der Waals surface area (Å²) in [6.45, 7) is 6.29. The van der Waals surface area contributed by atoms with Crippen molar-refractivity contribution in [2.24, 2.45) is 10.9 Å². The Morgan fingerprint density at radius 3 is 2.84 bits per heavy atom. The van der Waals surface area contributed by atoms with Crippen molar-refractivity contribution in [3.63, 3.8) is 0 Å². The van der Waals surface area contributed by atoms with E-state index in [0.29, 0.717) is 5.54 Å². The Bertz CT molecular complexity index is 355. The number of hydrogen-bond acceptors (Lipinski definition) is 3. The number of nitrogens with one attached hydrogen (secondary N) is 1. The summed E-state index contributed by atoms with van der Waals surface area (Å²) in [6.07, 6.45) is 7.69. The molecule has 0 aromatic rings. The highest BCUT2D eigenvalue weighted by Crippen LogP contribution is 2.38. The fourth-order valence-electron chi connectivity index (χ4n) is 3.38. The van der Waals surface area contributed by atoms with Crippen molar-refractivity contribution in [3.8, 4) is 0 Å². The monoisotopic (exact) mass is 282 g/mol. The van der Waals surface area contributed by atoms with Gasteiger partial charge in [0.25, 0.3) is 0 Å². The Labute approximate surface area is 121 Å². The standard InChI is InChI=1S/C15H26N2OS/c1-12-4-7-15(8-5-12)11-19-13(17-15)16-10-14(2)6-3-9-18-14/h12H,3-11H2,1-2H3,(H,16,17). The first-order valence-corrected chi connectivity index (χ1v) is 8.67. The van der Waals surface area contributed by atoms with E-state index in [1.54, 1.807) is 0 Å². The molecule has 1 aliphatic carbocycles. The average molecular weight is 282 g/mol. The summed E-state index contributed by atoms with van der Waals surface area (Å²) in [6, 6.07) is 0. The Balaban J connectivity index is 1.56. The molecule has 0 bridgehead atoms. The molecule has 1 saturated carbocycles. The van der Waals surface area contributed by atoms with Crippen molar-refractivity contribution >= 4 is 16.9 Å². The molecular weight excluding hydrogens is 256 g/mol. The van der Waals surface area contributed by atoms with Crippen LogP contribution >= 0.6 is 11.8 Å². The first kappa shape index (κ1) is 13.7. The number of nitrogens with zero attached hydrogens (tertiary/aromatic N) is 1. The highest BCUT2D eigenvalue weighted by atomic mass is 32.2. The molecule has 4 heteroatoms. The maximum atomic E-state index is 5.81. The van der Waals surface area contributed by atoms with E-state index in [-0.39, 0.29) is 5.60 Å². The van der Waals surface area contributed by atoms with Crippen LogP contribution in [0.1, 0.15) is 52.4 Å². The summed E-state index contributed by atoms with van der Waals surface area (Å²) in [7, 11) is 0. The molecule has 1 spiro atoms. The molecule has 108 valence electrons. The van der Waals surface area contributed by atoms with E-state index in [9.17, 15) is 0 Å². The van der Waals surface area contributed by atoms with Crippen molar-refractivity contribution in [3.05, 3.63) is 0 Å². The molecule has 0 amide bonds. The van der Waals surface area contributed by atoms with E-state index in [1.807, 2.05) is 11.8 Å². The number of aliphatic imine (C=N–C) groups is 1. The van der Waals surface area contributed by atoms with Gasteiger partial charge in [-0.1, -0.05) is 18.7 Å². The minimum absolute atomic E-state index is 0.00786. The van der Waals surface area contributed by atoms with Crippen LogP contribution in [0, 0.1) is 5.92 Å². The van der Waals surface area contributed by atoms with E-state index in [0.717, 1.165) is 30.7 Å². The highest BCUT2D eigenvalue weighted by Gasteiger charge is 2.40. The zero-order valence-electron chi connectivity index (χ0n) is 12.2. The molecule has 3 rings (SSSR count). The molecule has 2 heterocycles. The fourth-order valence-corrected chi connectivity index (χ4v) is 4.59. The zero-order chi connectivity index (χ0) is 13.3. The lowest BCUT2D eigenvalue weighted by atomic mass is 9.78. The molecule has 3 fully saturated rings. The summed E-state index contributed by atoms with van der Waals surface area (Å²) < 4.78 is 5.81. The molecule has 1 N–H and O–H groups in total. The summed E-state index contributed by atoms with van der Waals surface area (Å²) >= 11 is 1.91. The number of ether oxygens (including phenoxy) is 1. The van der Waals surface area contributed by atoms with Gasteiger partial charge in [0, 0.05) is 17.9 Å². The van der Waals surface area contributed by atoms with Gasteiger partial charge in [-0.25, -0.2) is 0 Å². The van der Waals surface area contributed by atoms with Crippen molar-refractivity contribution in [2.45, 2.75) is 63.5 Å². The largest absolute Gasteiger partial charge is 0.373 e. The topological polar surface area (TPSA) is 33.6 Å². The Hall–Kier alpha value is -0.220. The van der Waals surface area contributed by atoms with Crippen LogP contribution in [0.15, 0.2) is 4.99 Å². The van der Waals surface area contributed by atoms with Crippen LogP contribution in [-0.2, 0) is 4.74 Å². The quantitative estimate of drug-likeness (QED) is 0.844. The first-order valence-electron chi connectivity index (χ1n) is 7.69. The van der Waals surface area contributed by atoms with Gasteiger partial charge in [-0.3, -0.25) is 4.99 Å². The Morgan fingerprint density at radius 2 is 2.16 bits per heavy atom. The smallest absolute Gasteiger partial charge is 0.157 e. The SMILES string of the molecule is CC1CCC2(CC1)CSC(=NCC1(C)CCCO1)N2. The normalized spacial score (nSPS) is 44.9. The second-order valence-electron chi connectivity index (χ2n) is 6.90. The van der Waals surface area contributed by atoms with Crippen LogP contribution in [0.2, 0.25) is 0 Å². The van der Waals surface area contributed by atoms with E-state index < -0.39 is 0 Å². The first-order chi connectivity index (χ1) is 9.09. The van der Waals surface area contributed by atoms with E-state index >= 15 is 0 Å². The summed E-state index contributed by atoms with van der Waals surface area (Å²) in [5.41, 5.74) is 0.347. The molecule has 0 aromatic carbocycles. The van der Waals surface area contributed by atoms with E-state index in [1.165, 1.54) is 37.9 Å². The van der Waals surface area contributed by atoms with E-state index in [4.69, 9.17) is 9.73 Å². The summed E-state index contributed by atoms with van der Waals surface area (Å²) in [4.78, 5) is 4.79. The molecule has 1 unspecified atom stereocenters. The predicted octanol–water partition coefficient (Wildman–Crippen LogP) is 3.20. The third-order valence-electron chi connectivity index (χ3n) is 4.95. The second-order valence-corrected chi connectivity index (χ2v) is 7.86. The average Bonchev–Trinajstić information content (AvgIpc) is 3.00. The predicted molar refractivity (Wildman–Crippen MR) is 81.8 cm³/mol. The van der Waals surface area contributed by atoms with Gasteiger partial charge in [0.1, 0.15) is 0 Å². The molecule has 3 aliphatic rings. The van der Waals surface area contributed by atoms with E-state index in [2.05, 4.69) is 19.2 Å². The number of thioether (sulfide) groups is 1. The highest BCUT2D eigenvalue weighted by molar-refractivity contribution is 8.14. The Morgan fingerprint density at radius 1 is 1.37 bits per heavy atom. The van der Waals surface area contributed by atoms with Gasteiger partial charge >= 0.3 is 0 Å². The van der Waals surface area contributed by atoms with Gasteiger partial charge in [0.2, 0.25) is 0 Å². The second kappa shape index (κ2) is 5.28.